The van der Waals surface area contributed by atoms with Gasteiger partial charge in [-0.25, -0.2) is 17.5 Å². The van der Waals surface area contributed by atoms with Gasteiger partial charge in [-0.1, -0.05) is 51.1 Å². The molecule has 118 valence electrons. The molecular formula is C17H20FNO2S. The highest BCUT2D eigenvalue weighted by molar-refractivity contribution is 7.89. The van der Waals surface area contributed by atoms with Crippen LogP contribution in [0.2, 0.25) is 0 Å². The maximum Gasteiger partial charge on any atom is 0.241 e. The van der Waals surface area contributed by atoms with E-state index in [2.05, 4.69) is 4.72 Å². The van der Waals surface area contributed by atoms with E-state index in [0.29, 0.717) is 0 Å². The lowest BCUT2D eigenvalue weighted by Crippen LogP contribution is -2.36. The van der Waals surface area contributed by atoms with Gasteiger partial charge in [-0.3, -0.25) is 0 Å². The predicted octanol–water partition coefficient (Wildman–Crippen LogP) is 3.89. The molecule has 2 aromatic carbocycles. The molecule has 0 spiro atoms. The highest BCUT2D eigenvalue weighted by atomic mass is 32.2. The lowest BCUT2D eigenvalue weighted by atomic mass is 9.83. The molecule has 0 amide bonds. The van der Waals surface area contributed by atoms with Gasteiger partial charge in [0.05, 0.1) is 10.9 Å². The Balaban J connectivity index is 2.37. The average molecular weight is 321 g/mol. The number of halogens is 1. The predicted molar refractivity (Wildman–Crippen MR) is 85.4 cm³/mol. The maximum absolute atomic E-state index is 13.0. The topological polar surface area (TPSA) is 46.2 Å². The van der Waals surface area contributed by atoms with Gasteiger partial charge >= 0.3 is 0 Å². The van der Waals surface area contributed by atoms with Crippen LogP contribution in [0.4, 0.5) is 4.39 Å². The zero-order valence-corrected chi connectivity index (χ0v) is 13.7. The minimum Gasteiger partial charge on any atom is -0.207 e. The molecule has 0 radical (unpaired) electrons. The number of benzene rings is 2. The van der Waals surface area contributed by atoms with Crippen molar-refractivity contribution in [1.82, 2.24) is 4.72 Å². The second kappa shape index (κ2) is 6.18. The molecular weight excluding hydrogens is 301 g/mol. The molecule has 1 atom stereocenters. The first kappa shape index (κ1) is 16.6. The van der Waals surface area contributed by atoms with E-state index in [4.69, 9.17) is 0 Å². The quantitative estimate of drug-likeness (QED) is 0.928. The van der Waals surface area contributed by atoms with E-state index in [9.17, 15) is 12.8 Å². The number of hydrogen-bond donors (Lipinski definition) is 1. The van der Waals surface area contributed by atoms with Crippen LogP contribution in [-0.4, -0.2) is 8.42 Å². The second-order valence-electron chi connectivity index (χ2n) is 6.28. The normalized spacial score (nSPS) is 13.8. The van der Waals surface area contributed by atoms with Gasteiger partial charge in [-0.2, -0.15) is 0 Å². The molecule has 3 nitrogen and oxygen atoms in total. The number of hydrogen-bond acceptors (Lipinski definition) is 2. The van der Waals surface area contributed by atoms with Crippen molar-refractivity contribution in [3.8, 4) is 0 Å². The summed E-state index contributed by atoms with van der Waals surface area (Å²) in [6.45, 7) is 5.91. The summed E-state index contributed by atoms with van der Waals surface area (Å²) >= 11 is 0. The van der Waals surface area contributed by atoms with Crippen molar-refractivity contribution in [3.05, 3.63) is 66.0 Å². The number of rotatable bonds is 4. The third kappa shape index (κ3) is 3.93. The molecule has 0 saturated carbocycles. The molecule has 0 aromatic heterocycles. The second-order valence-corrected chi connectivity index (χ2v) is 8.00. The van der Waals surface area contributed by atoms with Gasteiger partial charge in [-0.05, 0) is 35.2 Å². The Bertz CT molecular complexity index is 720. The van der Waals surface area contributed by atoms with E-state index in [1.54, 1.807) is 0 Å². The Labute approximate surface area is 131 Å². The van der Waals surface area contributed by atoms with Gasteiger partial charge < -0.3 is 0 Å². The minimum absolute atomic E-state index is 0.0547. The van der Waals surface area contributed by atoms with Crippen LogP contribution in [0, 0.1) is 11.2 Å². The van der Waals surface area contributed by atoms with Crippen LogP contribution in [0.25, 0.3) is 0 Å². The minimum atomic E-state index is -3.72. The fourth-order valence-corrected chi connectivity index (χ4v) is 3.66. The van der Waals surface area contributed by atoms with E-state index in [-0.39, 0.29) is 16.4 Å². The van der Waals surface area contributed by atoms with Crippen molar-refractivity contribution >= 4 is 10.0 Å². The third-order valence-electron chi connectivity index (χ3n) is 3.40. The Morgan fingerprint density at radius 3 is 2.00 bits per heavy atom. The van der Waals surface area contributed by atoms with Gasteiger partial charge in [0.25, 0.3) is 0 Å². The van der Waals surface area contributed by atoms with Crippen molar-refractivity contribution in [2.75, 3.05) is 0 Å². The summed E-state index contributed by atoms with van der Waals surface area (Å²) in [5.74, 6) is -0.464. The number of sulfonamides is 1. The van der Waals surface area contributed by atoms with E-state index < -0.39 is 15.8 Å². The molecule has 5 heteroatoms. The maximum atomic E-state index is 13.0. The molecule has 0 aliphatic rings. The molecule has 0 aliphatic heterocycles. The van der Waals surface area contributed by atoms with Crippen LogP contribution in [0.15, 0.2) is 59.5 Å². The van der Waals surface area contributed by atoms with Crippen LogP contribution in [0.1, 0.15) is 32.4 Å². The van der Waals surface area contributed by atoms with Gasteiger partial charge in [0.1, 0.15) is 5.82 Å². The fraction of sp³-hybridized carbons (Fsp3) is 0.294. The molecule has 22 heavy (non-hydrogen) atoms. The third-order valence-corrected chi connectivity index (χ3v) is 4.83. The summed E-state index contributed by atoms with van der Waals surface area (Å²) in [5.41, 5.74) is 0.578. The highest BCUT2D eigenvalue weighted by Gasteiger charge is 2.30. The molecule has 0 heterocycles. The summed E-state index contributed by atoms with van der Waals surface area (Å²) in [5, 5.41) is 0. The molecule has 1 N–H and O–H groups in total. The molecule has 0 bridgehead atoms. The van der Waals surface area contributed by atoms with Crippen molar-refractivity contribution in [2.24, 2.45) is 5.41 Å². The first-order valence-electron chi connectivity index (χ1n) is 7.03. The summed E-state index contributed by atoms with van der Waals surface area (Å²) in [6.07, 6.45) is 0. The lowest BCUT2D eigenvalue weighted by molar-refractivity contribution is 0.304. The molecule has 1 unspecified atom stereocenters. The largest absolute Gasteiger partial charge is 0.241 e. The SMILES string of the molecule is CC(C)(C)C(NS(=O)(=O)c1ccc(F)cc1)c1ccccc1. The van der Waals surface area contributed by atoms with Crippen LogP contribution in [0.5, 0.6) is 0 Å². The van der Waals surface area contributed by atoms with Crippen LogP contribution >= 0.6 is 0 Å². The standard InChI is InChI=1S/C17H20FNO2S/c1-17(2,3)16(13-7-5-4-6-8-13)19-22(20,21)15-11-9-14(18)10-12-15/h4-12,16,19H,1-3H3. The van der Waals surface area contributed by atoms with Gasteiger partial charge in [0.2, 0.25) is 10.0 Å². The van der Waals surface area contributed by atoms with E-state index >= 15 is 0 Å². The first-order chi connectivity index (χ1) is 10.2. The fourth-order valence-electron chi connectivity index (χ4n) is 2.23. The van der Waals surface area contributed by atoms with E-state index in [1.165, 1.54) is 12.1 Å². The molecule has 2 rings (SSSR count). The smallest absolute Gasteiger partial charge is 0.207 e. The molecule has 0 saturated heterocycles. The summed E-state index contributed by atoms with van der Waals surface area (Å²) < 4.78 is 40.8. The zero-order valence-electron chi connectivity index (χ0n) is 12.9. The average Bonchev–Trinajstić information content (AvgIpc) is 2.45. The van der Waals surface area contributed by atoms with Crippen LogP contribution in [0.3, 0.4) is 0 Å². The summed E-state index contributed by atoms with van der Waals surface area (Å²) in [7, 11) is -3.72. The Morgan fingerprint density at radius 2 is 1.50 bits per heavy atom. The van der Waals surface area contributed by atoms with Gasteiger partial charge in [-0.15, -0.1) is 0 Å². The van der Waals surface area contributed by atoms with Crippen molar-refractivity contribution in [3.63, 3.8) is 0 Å². The van der Waals surface area contributed by atoms with Crippen molar-refractivity contribution in [1.29, 1.82) is 0 Å². The lowest BCUT2D eigenvalue weighted by Gasteiger charge is -2.31. The zero-order chi connectivity index (χ0) is 16.4. The molecule has 0 aliphatic carbocycles. The van der Waals surface area contributed by atoms with Crippen molar-refractivity contribution < 1.29 is 12.8 Å². The first-order valence-corrected chi connectivity index (χ1v) is 8.51. The Morgan fingerprint density at radius 1 is 0.955 bits per heavy atom. The Kier molecular flexibility index (Phi) is 4.68. The highest BCUT2D eigenvalue weighted by Crippen LogP contribution is 2.34. The van der Waals surface area contributed by atoms with Gasteiger partial charge in [0.15, 0.2) is 0 Å². The Hall–Kier alpha value is -1.72. The van der Waals surface area contributed by atoms with Crippen molar-refractivity contribution in [2.45, 2.75) is 31.7 Å². The summed E-state index contributed by atoms with van der Waals surface area (Å²) in [6, 6.07) is 13.9. The summed E-state index contributed by atoms with van der Waals surface area (Å²) in [4.78, 5) is 0.0547. The number of nitrogens with one attached hydrogen (secondary N) is 1. The van der Waals surface area contributed by atoms with Crippen LogP contribution < -0.4 is 4.72 Å². The van der Waals surface area contributed by atoms with Crippen LogP contribution in [-0.2, 0) is 10.0 Å². The molecule has 0 fully saturated rings. The molecule has 2 aromatic rings. The van der Waals surface area contributed by atoms with E-state index in [1.807, 2.05) is 51.1 Å². The monoisotopic (exact) mass is 321 g/mol. The van der Waals surface area contributed by atoms with Gasteiger partial charge in [0, 0.05) is 0 Å². The van der Waals surface area contributed by atoms with E-state index in [0.717, 1.165) is 17.7 Å².